The number of likely N-dealkylation sites (tertiary alicyclic amines) is 1. The summed E-state index contributed by atoms with van der Waals surface area (Å²) in [5.41, 5.74) is 8.48. The van der Waals surface area contributed by atoms with Crippen LogP contribution in [0.25, 0.3) is 11.4 Å². The lowest BCUT2D eigenvalue weighted by atomic mass is 10.1. The van der Waals surface area contributed by atoms with Crippen LogP contribution in [0.5, 0.6) is 5.75 Å². The second kappa shape index (κ2) is 8.49. The maximum atomic E-state index is 7.63. The van der Waals surface area contributed by atoms with E-state index in [-0.39, 0.29) is 5.84 Å². The predicted octanol–water partition coefficient (Wildman–Crippen LogP) is 3.36. The van der Waals surface area contributed by atoms with Crippen LogP contribution in [0, 0.1) is 5.41 Å². The number of amidine groups is 1. The molecule has 1 aromatic heterocycles. The molecule has 29 heavy (non-hydrogen) atoms. The van der Waals surface area contributed by atoms with Gasteiger partial charge in [-0.1, -0.05) is 18.2 Å². The first-order valence-corrected chi connectivity index (χ1v) is 9.98. The third-order valence-corrected chi connectivity index (χ3v) is 5.39. The van der Waals surface area contributed by atoms with Crippen LogP contribution in [0.4, 0.5) is 0 Å². The fraction of sp³-hybridized carbons (Fsp3) is 0.304. The molecule has 1 aliphatic rings. The van der Waals surface area contributed by atoms with Gasteiger partial charge >= 0.3 is 0 Å². The van der Waals surface area contributed by atoms with Crippen molar-refractivity contribution in [2.75, 3.05) is 20.1 Å². The van der Waals surface area contributed by atoms with Gasteiger partial charge in [-0.3, -0.25) is 5.41 Å². The Kier molecular flexibility index (Phi) is 5.62. The Balaban J connectivity index is 1.46. The van der Waals surface area contributed by atoms with Crippen LogP contribution in [0.2, 0.25) is 0 Å². The van der Waals surface area contributed by atoms with Crippen LogP contribution in [-0.4, -0.2) is 46.5 Å². The summed E-state index contributed by atoms with van der Waals surface area (Å²) in [6.07, 6.45) is 6.23. The Labute approximate surface area is 171 Å². The van der Waals surface area contributed by atoms with E-state index in [4.69, 9.17) is 15.9 Å². The van der Waals surface area contributed by atoms with E-state index in [1.807, 2.05) is 48.8 Å². The molecule has 0 bridgehead atoms. The van der Waals surface area contributed by atoms with Crippen LogP contribution in [0.1, 0.15) is 24.0 Å². The second-order valence-corrected chi connectivity index (χ2v) is 7.64. The summed E-state index contributed by atoms with van der Waals surface area (Å²) in [5.74, 6) is 1.90. The van der Waals surface area contributed by atoms with Crippen molar-refractivity contribution < 1.29 is 4.74 Å². The molecule has 1 fully saturated rings. The van der Waals surface area contributed by atoms with Crippen molar-refractivity contribution >= 4 is 5.84 Å². The lowest BCUT2D eigenvalue weighted by molar-refractivity contribution is 0.114. The number of hydrogen-bond donors (Lipinski definition) is 2. The SMILES string of the molecule is CN1CCC(Oc2ccc(-c3nccn3Cc3cccc(C(=N)N)c3)cc2)CC1. The molecule has 3 N–H and O–H groups in total. The molecule has 4 rings (SSSR count). The Hall–Kier alpha value is -3.12. The summed E-state index contributed by atoms with van der Waals surface area (Å²) in [5, 5.41) is 7.63. The van der Waals surface area contributed by atoms with Crippen LogP contribution in [-0.2, 0) is 6.54 Å². The molecule has 0 unspecified atom stereocenters. The lowest BCUT2D eigenvalue weighted by Gasteiger charge is -2.29. The van der Waals surface area contributed by atoms with Crippen LogP contribution in [0.15, 0.2) is 60.9 Å². The predicted molar refractivity (Wildman–Crippen MR) is 115 cm³/mol. The number of hydrogen-bond acceptors (Lipinski definition) is 4. The highest BCUT2D eigenvalue weighted by Gasteiger charge is 2.18. The van der Waals surface area contributed by atoms with E-state index >= 15 is 0 Å². The number of aromatic nitrogens is 2. The third-order valence-electron chi connectivity index (χ3n) is 5.39. The van der Waals surface area contributed by atoms with Gasteiger partial charge < -0.3 is 19.9 Å². The number of rotatable bonds is 6. The highest BCUT2D eigenvalue weighted by atomic mass is 16.5. The van der Waals surface area contributed by atoms with Gasteiger partial charge in [0, 0.05) is 43.2 Å². The van der Waals surface area contributed by atoms with Crippen LogP contribution in [0.3, 0.4) is 0 Å². The molecular formula is C23H27N5O. The number of nitrogens with one attached hydrogen (secondary N) is 1. The molecule has 0 spiro atoms. The van der Waals surface area contributed by atoms with Gasteiger partial charge in [-0.25, -0.2) is 4.98 Å². The van der Waals surface area contributed by atoms with Gasteiger partial charge in [0.25, 0.3) is 0 Å². The van der Waals surface area contributed by atoms with E-state index in [0.29, 0.717) is 12.6 Å². The zero-order valence-corrected chi connectivity index (χ0v) is 16.7. The quantitative estimate of drug-likeness (QED) is 0.500. The van der Waals surface area contributed by atoms with E-state index in [9.17, 15) is 0 Å². The summed E-state index contributed by atoms with van der Waals surface area (Å²) in [4.78, 5) is 6.89. The molecule has 6 nitrogen and oxygen atoms in total. The minimum Gasteiger partial charge on any atom is -0.490 e. The molecular weight excluding hydrogens is 362 g/mol. The third kappa shape index (κ3) is 4.66. The van der Waals surface area contributed by atoms with Crippen molar-refractivity contribution in [2.45, 2.75) is 25.5 Å². The monoisotopic (exact) mass is 389 g/mol. The molecule has 6 heteroatoms. The van der Waals surface area contributed by atoms with E-state index in [1.54, 1.807) is 0 Å². The average Bonchev–Trinajstić information content (AvgIpc) is 3.18. The first-order chi connectivity index (χ1) is 14.1. The summed E-state index contributed by atoms with van der Waals surface area (Å²) in [7, 11) is 2.16. The van der Waals surface area contributed by atoms with Crippen molar-refractivity contribution in [3.63, 3.8) is 0 Å². The van der Waals surface area contributed by atoms with Gasteiger partial charge in [0.2, 0.25) is 0 Å². The molecule has 2 aromatic carbocycles. The van der Waals surface area contributed by atoms with Crippen LogP contribution < -0.4 is 10.5 Å². The average molecular weight is 390 g/mol. The molecule has 0 radical (unpaired) electrons. The van der Waals surface area contributed by atoms with Crippen molar-refractivity contribution in [3.05, 3.63) is 72.1 Å². The van der Waals surface area contributed by atoms with E-state index < -0.39 is 0 Å². The zero-order chi connectivity index (χ0) is 20.2. The number of ether oxygens (including phenoxy) is 1. The normalized spacial score (nSPS) is 15.3. The number of nitrogen functional groups attached to an aromatic ring is 1. The number of benzene rings is 2. The van der Waals surface area contributed by atoms with E-state index in [1.165, 1.54) is 0 Å². The lowest BCUT2D eigenvalue weighted by Crippen LogP contribution is -2.35. The first-order valence-electron chi connectivity index (χ1n) is 9.98. The number of nitrogens with two attached hydrogens (primary N) is 1. The zero-order valence-electron chi connectivity index (χ0n) is 16.7. The van der Waals surface area contributed by atoms with Crippen molar-refractivity contribution in [3.8, 4) is 17.1 Å². The molecule has 150 valence electrons. The fourth-order valence-corrected chi connectivity index (χ4v) is 3.71. The molecule has 1 aliphatic heterocycles. The summed E-state index contributed by atoms with van der Waals surface area (Å²) in [6.45, 7) is 2.85. The number of piperidine rings is 1. The summed E-state index contributed by atoms with van der Waals surface area (Å²) < 4.78 is 8.25. The largest absolute Gasteiger partial charge is 0.490 e. The molecule has 0 atom stereocenters. The van der Waals surface area contributed by atoms with Gasteiger partial charge in [0.15, 0.2) is 0 Å². The molecule has 2 heterocycles. The smallest absolute Gasteiger partial charge is 0.140 e. The van der Waals surface area contributed by atoms with Crippen molar-refractivity contribution in [1.82, 2.24) is 14.5 Å². The summed E-state index contributed by atoms with van der Waals surface area (Å²) in [6, 6.07) is 16.0. The molecule has 3 aromatic rings. The van der Waals surface area contributed by atoms with Crippen molar-refractivity contribution in [1.29, 1.82) is 5.41 Å². The van der Waals surface area contributed by atoms with Gasteiger partial charge in [0.05, 0.1) is 0 Å². The summed E-state index contributed by atoms with van der Waals surface area (Å²) >= 11 is 0. The second-order valence-electron chi connectivity index (χ2n) is 7.64. The Morgan fingerprint density at radius 1 is 1.17 bits per heavy atom. The molecule has 1 saturated heterocycles. The maximum Gasteiger partial charge on any atom is 0.140 e. The Bertz CT molecular complexity index is 971. The highest BCUT2D eigenvalue weighted by molar-refractivity contribution is 5.95. The topological polar surface area (TPSA) is 80.2 Å². The molecule has 0 saturated carbocycles. The number of nitrogens with zero attached hydrogens (tertiary/aromatic N) is 3. The Morgan fingerprint density at radius 2 is 1.93 bits per heavy atom. The first kappa shape index (κ1) is 19.2. The highest BCUT2D eigenvalue weighted by Crippen LogP contribution is 2.24. The molecule has 0 aliphatic carbocycles. The van der Waals surface area contributed by atoms with Crippen molar-refractivity contribution in [2.24, 2.45) is 5.73 Å². The number of imidazole rings is 1. The molecule has 0 amide bonds. The maximum absolute atomic E-state index is 7.63. The van der Waals surface area contributed by atoms with Gasteiger partial charge in [-0.15, -0.1) is 0 Å². The fourth-order valence-electron chi connectivity index (χ4n) is 3.71. The standard InChI is InChI=1S/C23H27N5O/c1-27-12-9-21(10-13-27)29-20-7-5-18(6-8-20)23-26-11-14-28(23)16-17-3-2-4-19(15-17)22(24)25/h2-8,11,14-15,21H,9-10,12-13,16H2,1H3,(H3,24,25). The minimum absolute atomic E-state index is 0.0814. The Morgan fingerprint density at radius 3 is 2.66 bits per heavy atom. The van der Waals surface area contributed by atoms with Gasteiger partial charge in [-0.2, -0.15) is 0 Å². The van der Waals surface area contributed by atoms with Gasteiger partial charge in [0.1, 0.15) is 23.5 Å². The van der Waals surface area contributed by atoms with Crippen LogP contribution >= 0.6 is 0 Å². The minimum atomic E-state index is 0.0814. The van der Waals surface area contributed by atoms with E-state index in [0.717, 1.165) is 54.2 Å². The van der Waals surface area contributed by atoms with Gasteiger partial charge in [-0.05, 0) is 55.8 Å². The van der Waals surface area contributed by atoms with E-state index in [2.05, 4.69) is 33.6 Å².